The maximum atomic E-state index is 13.3. The zero-order valence-corrected chi connectivity index (χ0v) is 16.4. The summed E-state index contributed by atoms with van der Waals surface area (Å²) in [6, 6.07) is -0.251. The van der Waals surface area contributed by atoms with Crippen molar-refractivity contribution >= 4 is 28.1 Å². The second-order valence-electron chi connectivity index (χ2n) is 7.55. The maximum absolute atomic E-state index is 13.3. The van der Waals surface area contributed by atoms with Crippen LogP contribution in [-0.4, -0.2) is 56.7 Å². The van der Waals surface area contributed by atoms with Crippen molar-refractivity contribution in [2.45, 2.75) is 57.5 Å². The summed E-state index contributed by atoms with van der Waals surface area (Å²) in [4.78, 5) is 34.6. The van der Waals surface area contributed by atoms with Gasteiger partial charge in [-0.3, -0.25) is 18.9 Å². The quantitative estimate of drug-likeness (QED) is 0.869. The molecule has 2 aromatic rings. The Balaban J connectivity index is 1.62. The topological polar surface area (TPSA) is 83.9 Å². The van der Waals surface area contributed by atoms with Gasteiger partial charge in [-0.25, -0.2) is 4.98 Å². The lowest BCUT2D eigenvalue weighted by atomic mass is 10.1. The molecule has 2 aliphatic rings. The van der Waals surface area contributed by atoms with Crippen molar-refractivity contribution in [1.82, 2.24) is 19.2 Å². The first-order valence-electron chi connectivity index (χ1n) is 9.92. The van der Waals surface area contributed by atoms with Crippen molar-refractivity contribution in [3.63, 3.8) is 0 Å². The van der Waals surface area contributed by atoms with Crippen LogP contribution in [-0.2, 0) is 11.3 Å². The molecule has 2 N–H and O–H groups in total. The smallest absolute Gasteiger partial charge is 0.274 e. The third-order valence-corrected chi connectivity index (χ3v) is 6.51. The van der Waals surface area contributed by atoms with E-state index in [0.29, 0.717) is 12.2 Å². The van der Waals surface area contributed by atoms with Crippen molar-refractivity contribution in [3.8, 4) is 0 Å². The van der Waals surface area contributed by atoms with Crippen LogP contribution in [0.2, 0.25) is 0 Å². The van der Waals surface area contributed by atoms with E-state index in [1.54, 1.807) is 0 Å². The number of thiazole rings is 1. The number of primary amides is 1. The molecule has 0 radical (unpaired) electrons. The minimum Gasteiger partial charge on any atom is -0.368 e. The molecule has 146 valence electrons. The summed E-state index contributed by atoms with van der Waals surface area (Å²) in [5, 5.41) is 1.98. The molecule has 0 spiro atoms. The Hall–Kier alpha value is -1.93. The van der Waals surface area contributed by atoms with Crippen molar-refractivity contribution in [2.75, 3.05) is 19.6 Å². The average molecular weight is 390 g/mol. The molecule has 0 unspecified atom stereocenters. The molecular weight excluding hydrogens is 362 g/mol. The highest BCUT2D eigenvalue weighted by Crippen LogP contribution is 2.25. The van der Waals surface area contributed by atoms with E-state index in [2.05, 4.69) is 9.88 Å². The third-order valence-electron chi connectivity index (χ3n) is 5.75. The van der Waals surface area contributed by atoms with Gasteiger partial charge in [0.15, 0.2) is 10.7 Å². The van der Waals surface area contributed by atoms with E-state index in [9.17, 15) is 9.59 Å². The van der Waals surface area contributed by atoms with Crippen molar-refractivity contribution in [1.29, 1.82) is 0 Å². The molecule has 4 rings (SSSR count). The molecule has 2 aromatic heterocycles. The molecule has 0 aromatic carbocycles. The summed E-state index contributed by atoms with van der Waals surface area (Å²) in [5.74, 6) is -0.257. The number of carbonyl (C=O) groups excluding carboxylic acids is 2. The largest absolute Gasteiger partial charge is 0.368 e. The predicted octanol–water partition coefficient (Wildman–Crippen LogP) is 2.25. The Kier molecular flexibility index (Phi) is 5.45. The van der Waals surface area contributed by atoms with Crippen LogP contribution in [0, 0.1) is 0 Å². The molecule has 0 aliphatic carbocycles. The Labute approximate surface area is 163 Å². The summed E-state index contributed by atoms with van der Waals surface area (Å²) < 4.78 is 2.00. The molecule has 2 aliphatic heterocycles. The molecule has 0 saturated carbocycles. The number of hydrogen-bond acceptors (Lipinski definition) is 5. The molecule has 4 heterocycles. The zero-order valence-electron chi connectivity index (χ0n) is 15.6. The van der Waals surface area contributed by atoms with Crippen LogP contribution < -0.4 is 5.73 Å². The SMILES string of the molecule is NC(=O)[C@H]1CCCN1Cc1c(C(=O)N2CCCCCCC2)nc2sccn12. The van der Waals surface area contributed by atoms with Gasteiger partial charge in [-0.05, 0) is 32.2 Å². The van der Waals surface area contributed by atoms with Gasteiger partial charge in [0.2, 0.25) is 5.91 Å². The average Bonchev–Trinajstić information content (AvgIpc) is 3.31. The van der Waals surface area contributed by atoms with Crippen LogP contribution in [0.25, 0.3) is 4.96 Å². The zero-order chi connectivity index (χ0) is 18.8. The molecule has 2 fully saturated rings. The van der Waals surface area contributed by atoms with E-state index in [1.165, 1.54) is 30.6 Å². The van der Waals surface area contributed by atoms with E-state index in [-0.39, 0.29) is 17.9 Å². The molecule has 7 nitrogen and oxygen atoms in total. The van der Waals surface area contributed by atoms with Crippen molar-refractivity contribution < 1.29 is 9.59 Å². The maximum Gasteiger partial charge on any atom is 0.274 e. The van der Waals surface area contributed by atoms with Crippen LogP contribution in [0.4, 0.5) is 0 Å². The lowest BCUT2D eigenvalue weighted by Gasteiger charge is -2.25. The Morgan fingerprint density at radius 2 is 1.85 bits per heavy atom. The summed E-state index contributed by atoms with van der Waals surface area (Å²) in [7, 11) is 0. The Bertz CT molecular complexity index is 821. The predicted molar refractivity (Wildman–Crippen MR) is 105 cm³/mol. The number of imidazole rings is 1. The van der Waals surface area contributed by atoms with Gasteiger partial charge in [-0.1, -0.05) is 19.3 Å². The van der Waals surface area contributed by atoms with Crippen LogP contribution in [0.15, 0.2) is 11.6 Å². The summed E-state index contributed by atoms with van der Waals surface area (Å²) in [6.07, 6.45) is 9.44. The summed E-state index contributed by atoms with van der Waals surface area (Å²) in [6.45, 7) is 2.96. The Morgan fingerprint density at radius 3 is 2.59 bits per heavy atom. The summed E-state index contributed by atoms with van der Waals surface area (Å²) >= 11 is 1.53. The standard InChI is InChI=1S/C19H27N5O2S/c20-17(25)14-7-6-10-23(14)13-15-16(21-19-24(15)11-12-27-19)18(26)22-8-4-2-1-3-5-9-22/h11-12,14H,1-10,13H2,(H2,20,25)/t14-/m1/s1. The third kappa shape index (κ3) is 3.73. The lowest BCUT2D eigenvalue weighted by molar-refractivity contribution is -0.122. The molecule has 27 heavy (non-hydrogen) atoms. The van der Waals surface area contributed by atoms with Gasteiger partial charge in [-0.15, -0.1) is 11.3 Å². The minimum atomic E-state index is -0.282. The number of carbonyl (C=O) groups is 2. The van der Waals surface area contributed by atoms with Crippen LogP contribution in [0.1, 0.15) is 61.1 Å². The van der Waals surface area contributed by atoms with Gasteiger partial charge in [0.25, 0.3) is 5.91 Å². The van der Waals surface area contributed by atoms with Gasteiger partial charge in [0, 0.05) is 31.2 Å². The number of nitrogens with two attached hydrogens (primary N) is 1. The molecule has 2 saturated heterocycles. The number of likely N-dealkylation sites (tertiary alicyclic amines) is 2. The minimum absolute atomic E-state index is 0.0256. The number of rotatable bonds is 4. The highest BCUT2D eigenvalue weighted by Gasteiger charge is 2.32. The monoisotopic (exact) mass is 389 g/mol. The Morgan fingerprint density at radius 1 is 1.11 bits per heavy atom. The lowest BCUT2D eigenvalue weighted by Crippen LogP contribution is -2.40. The van der Waals surface area contributed by atoms with Gasteiger partial charge in [0.05, 0.1) is 11.7 Å². The molecule has 8 heteroatoms. The highest BCUT2D eigenvalue weighted by atomic mass is 32.1. The fourth-order valence-electron chi connectivity index (χ4n) is 4.29. The van der Waals surface area contributed by atoms with Crippen molar-refractivity contribution in [2.24, 2.45) is 5.73 Å². The molecule has 1 atom stereocenters. The second kappa shape index (κ2) is 7.98. The van der Waals surface area contributed by atoms with E-state index in [1.807, 2.05) is 20.9 Å². The van der Waals surface area contributed by atoms with Crippen LogP contribution in [0.3, 0.4) is 0 Å². The first-order chi connectivity index (χ1) is 13.1. The molecule has 0 bridgehead atoms. The van der Waals surface area contributed by atoms with Crippen LogP contribution in [0.5, 0.6) is 0 Å². The number of fused-ring (bicyclic) bond motifs is 1. The fourth-order valence-corrected chi connectivity index (χ4v) is 5.02. The summed E-state index contributed by atoms with van der Waals surface area (Å²) in [5.41, 5.74) is 7.00. The van der Waals surface area contributed by atoms with Gasteiger partial charge in [0.1, 0.15) is 0 Å². The van der Waals surface area contributed by atoms with E-state index in [4.69, 9.17) is 5.73 Å². The second-order valence-corrected chi connectivity index (χ2v) is 8.43. The number of nitrogens with zero attached hydrogens (tertiary/aromatic N) is 4. The number of amides is 2. The molecule has 2 amide bonds. The van der Waals surface area contributed by atoms with Crippen LogP contribution >= 0.6 is 11.3 Å². The first-order valence-corrected chi connectivity index (χ1v) is 10.8. The van der Waals surface area contributed by atoms with Gasteiger partial charge < -0.3 is 10.6 Å². The fraction of sp³-hybridized carbons (Fsp3) is 0.632. The van der Waals surface area contributed by atoms with E-state index >= 15 is 0 Å². The van der Waals surface area contributed by atoms with Gasteiger partial charge in [-0.2, -0.15) is 0 Å². The first kappa shape index (κ1) is 18.4. The van der Waals surface area contributed by atoms with Gasteiger partial charge >= 0.3 is 0 Å². The number of aromatic nitrogens is 2. The van der Waals surface area contributed by atoms with Crippen molar-refractivity contribution in [3.05, 3.63) is 23.0 Å². The highest BCUT2D eigenvalue weighted by molar-refractivity contribution is 7.15. The normalized spacial score (nSPS) is 22.1. The van der Waals surface area contributed by atoms with E-state index < -0.39 is 0 Å². The number of hydrogen-bond donors (Lipinski definition) is 1. The van der Waals surface area contributed by atoms with E-state index in [0.717, 1.165) is 56.0 Å². The molecular formula is C19H27N5O2S.